The Morgan fingerprint density at radius 1 is 1.41 bits per heavy atom. The first-order valence-electron chi connectivity index (χ1n) is 6.20. The molecule has 0 radical (unpaired) electrons. The molecule has 1 aliphatic heterocycles. The molecule has 1 aromatic carbocycles. The number of hydrogen-bond donors (Lipinski definition) is 2. The Morgan fingerprint density at radius 2 is 2.35 bits per heavy atom. The number of piperidine rings is 1. The van der Waals surface area contributed by atoms with E-state index in [1.54, 1.807) is 12.1 Å². The molecule has 0 saturated carbocycles. The minimum absolute atomic E-state index is 0.276. The van der Waals surface area contributed by atoms with Gasteiger partial charge in [-0.25, -0.2) is 4.98 Å². The summed E-state index contributed by atoms with van der Waals surface area (Å²) in [5.41, 5.74) is 1.95. The second-order valence-corrected chi connectivity index (χ2v) is 4.72. The van der Waals surface area contributed by atoms with E-state index in [1.807, 2.05) is 12.4 Å². The number of aromatic hydroxyl groups is 1. The minimum Gasteiger partial charge on any atom is -0.508 e. The molecule has 4 heteroatoms. The summed E-state index contributed by atoms with van der Waals surface area (Å²) >= 11 is 0. The van der Waals surface area contributed by atoms with E-state index in [9.17, 15) is 5.11 Å². The van der Waals surface area contributed by atoms with Gasteiger partial charge in [0, 0.05) is 18.7 Å². The number of phenolic OH excluding ortho intramolecular Hbond substituents is 1. The zero-order valence-electron chi connectivity index (χ0n) is 9.76. The van der Waals surface area contributed by atoms with E-state index in [0.717, 1.165) is 24.1 Å². The van der Waals surface area contributed by atoms with E-state index in [-0.39, 0.29) is 5.75 Å². The average molecular weight is 231 g/mol. The quantitative estimate of drug-likeness (QED) is 0.829. The molecular weight excluding hydrogens is 214 g/mol. The molecule has 0 amide bonds. The third kappa shape index (κ3) is 2.13. The van der Waals surface area contributed by atoms with Crippen LogP contribution in [0.5, 0.6) is 5.75 Å². The zero-order valence-corrected chi connectivity index (χ0v) is 9.76. The fourth-order valence-corrected chi connectivity index (χ4v) is 2.51. The van der Waals surface area contributed by atoms with E-state index in [2.05, 4.69) is 14.9 Å². The SMILES string of the molecule is Oc1ccc2c(c1)ncn2CC1CCCCN1. The normalized spacial score (nSPS) is 20.8. The van der Waals surface area contributed by atoms with Crippen molar-refractivity contribution < 1.29 is 5.11 Å². The summed E-state index contributed by atoms with van der Waals surface area (Å²) in [4.78, 5) is 4.32. The summed E-state index contributed by atoms with van der Waals surface area (Å²) in [6.45, 7) is 2.08. The third-order valence-corrected chi connectivity index (χ3v) is 3.43. The number of imidazole rings is 1. The summed E-state index contributed by atoms with van der Waals surface area (Å²) in [7, 11) is 0. The first kappa shape index (κ1) is 10.6. The molecule has 2 aromatic rings. The van der Waals surface area contributed by atoms with Crippen LogP contribution in [0, 0.1) is 0 Å². The van der Waals surface area contributed by atoms with Gasteiger partial charge in [0.25, 0.3) is 0 Å². The highest BCUT2D eigenvalue weighted by molar-refractivity contribution is 5.76. The number of benzene rings is 1. The van der Waals surface area contributed by atoms with Crippen LogP contribution in [0.4, 0.5) is 0 Å². The van der Waals surface area contributed by atoms with Gasteiger partial charge in [-0.05, 0) is 31.5 Å². The summed E-state index contributed by atoms with van der Waals surface area (Å²) < 4.78 is 2.16. The highest BCUT2D eigenvalue weighted by Crippen LogP contribution is 2.19. The van der Waals surface area contributed by atoms with Gasteiger partial charge in [0.1, 0.15) is 5.75 Å². The molecule has 0 aliphatic carbocycles. The zero-order chi connectivity index (χ0) is 11.7. The maximum absolute atomic E-state index is 9.40. The molecule has 0 bridgehead atoms. The third-order valence-electron chi connectivity index (χ3n) is 3.43. The van der Waals surface area contributed by atoms with Crippen molar-refractivity contribution >= 4 is 11.0 Å². The van der Waals surface area contributed by atoms with Gasteiger partial charge in [-0.15, -0.1) is 0 Å². The van der Waals surface area contributed by atoms with Gasteiger partial charge < -0.3 is 15.0 Å². The lowest BCUT2D eigenvalue weighted by molar-refractivity contribution is 0.366. The van der Waals surface area contributed by atoms with Crippen molar-refractivity contribution in [3.63, 3.8) is 0 Å². The number of hydrogen-bond acceptors (Lipinski definition) is 3. The number of fused-ring (bicyclic) bond motifs is 1. The largest absolute Gasteiger partial charge is 0.508 e. The Kier molecular flexibility index (Phi) is 2.73. The second-order valence-electron chi connectivity index (χ2n) is 4.72. The van der Waals surface area contributed by atoms with Gasteiger partial charge in [-0.2, -0.15) is 0 Å². The van der Waals surface area contributed by atoms with Crippen LogP contribution in [0.15, 0.2) is 24.5 Å². The lowest BCUT2D eigenvalue weighted by Crippen LogP contribution is -2.37. The molecule has 2 heterocycles. The fraction of sp³-hybridized carbons (Fsp3) is 0.462. The van der Waals surface area contributed by atoms with Crippen molar-refractivity contribution in [1.29, 1.82) is 0 Å². The molecule has 4 nitrogen and oxygen atoms in total. The second kappa shape index (κ2) is 4.37. The molecule has 1 fully saturated rings. The Hall–Kier alpha value is -1.55. The average Bonchev–Trinajstić information content (AvgIpc) is 2.73. The van der Waals surface area contributed by atoms with Crippen LogP contribution < -0.4 is 5.32 Å². The maximum Gasteiger partial charge on any atom is 0.117 e. The highest BCUT2D eigenvalue weighted by Gasteiger charge is 2.14. The highest BCUT2D eigenvalue weighted by atomic mass is 16.3. The molecule has 1 aromatic heterocycles. The lowest BCUT2D eigenvalue weighted by atomic mass is 10.1. The van der Waals surface area contributed by atoms with E-state index in [0.29, 0.717) is 6.04 Å². The Bertz CT molecular complexity index is 514. The summed E-state index contributed by atoms with van der Waals surface area (Å²) in [6, 6.07) is 5.91. The molecular formula is C13H17N3O. The minimum atomic E-state index is 0.276. The number of nitrogens with zero attached hydrogens (tertiary/aromatic N) is 2. The first-order chi connectivity index (χ1) is 8.33. The van der Waals surface area contributed by atoms with E-state index < -0.39 is 0 Å². The molecule has 3 rings (SSSR count). The number of rotatable bonds is 2. The van der Waals surface area contributed by atoms with Crippen LogP contribution in [-0.2, 0) is 6.54 Å². The summed E-state index contributed by atoms with van der Waals surface area (Å²) in [6.07, 6.45) is 5.69. The van der Waals surface area contributed by atoms with E-state index in [4.69, 9.17) is 0 Å². The molecule has 1 atom stereocenters. The van der Waals surface area contributed by atoms with Gasteiger partial charge in [-0.1, -0.05) is 6.42 Å². The molecule has 90 valence electrons. The maximum atomic E-state index is 9.40. The van der Waals surface area contributed by atoms with Crippen molar-refractivity contribution in [3.05, 3.63) is 24.5 Å². The predicted molar refractivity (Wildman–Crippen MR) is 67.0 cm³/mol. The predicted octanol–water partition coefficient (Wildman–Crippen LogP) is 1.88. The van der Waals surface area contributed by atoms with Gasteiger partial charge in [0.05, 0.1) is 17.4 Å². The number of aromatic nitrogens is 2. The van der Waals surface area contributed by atoms with Gasteiger partial charge >= 0.3 is 0 Å². The van der Waals surface area contributed by atoms with Crippen molar-refractivity contribution in [2.24, 2.45) is 0 Å². The number of phenols is 1. The molecule has 1 aliphatic rings. The fourth-order valence-electron chi connectivity index (χ4n) is 2.51. The van der Waals surface area contributed by atoms with Gasteiger partial charge in [-0.3, -0.25) is 0 Å². The molecule has 1 unspecified atom stereocenters. The van der Waals surface area contributed by atoms with Crippen LogP contribution >= 0.6 is 0 Å². The van der Waals surface area contributed by atoms with E-state index in [1.165, 1.54) is 19.3 Å². The topological polar surface area (TPSA) is 50.1 Å². The molecule has 2 N–H and O–H groups in total. The first-order valence-corrected chi connectivity index (χ1v) is 6.20. The summed E-state index contributed by atoms with van der Waals surface area (Å²) in [5.74, 6) is 0.276. The van der Waals surface area contributed by atoms with Crippen LogP contribution in [-0.4, -0.2) is 27.2 Å². The molecule has 1 saturated heterocycles. The van der Waals surface area contributed by atoms with Crippen molar-refractivity contribution in [2.75, 3.05) is 6.54 Å². The van der Waals surface area contributed by atoms with Crippen LogP contribution in [0.2, 0.25) is 0 Å². The van der Waals surface area contributed by atoms with Crippen molar-refractivity contribution in [1.82, 2.24) is 14.9 Å². The molecule has 17 heavy (non-hydrogen) atoms. The van der Waals surface area contributed by atoms with Gasteiger partial charge in [0.15, 0.2) is 0 Å². The van der Waals surface area contributed by atoms with E-state index >= 15 is 0 Å². The Morgan fingerprint density at radius 3 is 3.18 bits per heavy atom. The molecule has 0 spiro atoms. The number of nitrogens with one attached hydrogen (secondary N) is 1. The van der Waals surface area contributed by atoms with Crippen LogP contribution in [0.3, 0.4) is 0 Å². The summed E-state index contributed by atoms with van der Waals surface area (Å²) in [5, 5.41) is 12.9. The van der Waals surface area contributed by atoms with Gasteiger partial charge in [0.2, 0.25) is 0 Å². The standard InChI is InChI=1S/C13H17N3O/c17-11-4-5-13-12(7-11)15-9-16(13)8-10-3-1-2-6-14-10/h4-5,7,9-10,14,17H,1-3,6,8H2. The van der Waals surface area contributed by atoms with Crippen molar-refractivity contribution in [3.8, 4) is 5.75 Å². The van der Waals surface area contributed by atoms with Crippen molar-refractivity contribution in [2.45, 2.75) is 31.8 Å². The Labute approximate surface area is 100 Å². The monoisotopic (exact) mass is 231 g/mol. The smallest absolute Gasteiger partial charge is 0.117 e. The lowest BCUT2D eigenvalue weighted by Gasteiger charge is -2.23. The Balaban J connectivity index is 1.84. The van der Waals surface area contributed by atoms with Crippen LogP contribution in [0.1, 0.15) is 19.3 Å². The van der Waals surface area contributed by atoms with Crippen LogP contribution in [0.25, 0.3) is 11.0 Å².